The molecule has 6 nitrogen and oxygen atoms in total. The van der Waals surface area contributed by atoms with Crippen LogP contribution in [0.4, 0.5) is 4.39 Å². The molecule has 0 N–H and O–H groups in total. The molecule has 0 spiro atoms. The van der Waals surface area contributed by atoms with Crippen molar-refractivity contribution in [3.05, 3.63) is 77.1 Å². The lowest BCUT2D eigenvalue weighted by molar-refractivity contribution is -0.132. The minimum Gasteiger partial charge on any atom is -0.464 e. The maximum Gasteiger partial charge on any atom is 0.360 e. The van der Waals surface area contributed by atoms with Crippen LogP contribution in [0.5, 0.6) is 0 Å². The van der Waals surface area contributed by atoms with Crippen LogP contribution in [0.15, 0.2) is 64.9 Å². The summed E-state index contributed by atoms with van der Waals surface area (Å²) in [6, 6.07) is 13.3. The number of carbonyl (C=O) groups excluding carboxylic acids is 1. The normalized spacial score (nSPS) is 12.5. The molecule has 0 aliphatic carbocycles. The molecule has 0 saturated carbocycles. The summed E-state index contributed by atoms with van der Waals surface area (Å²) in [5.41, 5.74) is 3.74. The van der Waals surface area contributed by atoms with Crippen LogP contribution < -0.4 is 0 Å². The highest BCUT2D eigenvalue weighted by Crippen LogP contribution is 2.15. The van der Waals surface area contributed by atoms with Gasteiger partial charge in [0.05, 0.1) is 12.8 Å². The zero-order valence-corrected chi connectivity index (χ0v) is 16.8. The van der Waals surface area contributed by atoms with E-state index in [2.05, 4.69) is 10.3 Å². The lowest BCUT2D eigenvalue weighted by atomic mass is 10.0. The van der Waals surface area contributed by atoms with Gasteiger partial charge in [-0.3, -0.25) is 0 Å². The molecule has 0 heterocycles. The van der Waals surface area contributed by atoms with Crippen LogP contribution in [0, 0.1) is 5.82 Å². The number of allylic oxidation sites excluding steroid dienone is 2. The van der Waals surface area contributed by atoms with Gasteiger partial charge in [-0.05, 0) is 43.2 Å². The van der Waals surface area contributed by atoms with E-state index in [0.29, 0.717) is 16.8 Å². The summed E-state index contributed by atoms with van der Waals surface area (Å²) in [6.07, 6.45) is 1.84. The molecule has 0 unspecified atom stereocenters. The molecule has 2 rings (SSSR count). The van der Waals surface area contributed by atoms with Crippen molar-refractivity contribution in [1.29, 1.82) is 0 Å². The van der Waals surface area contributed by atoms with Crippen molar-refractivity contribution in [3.8, 4) is 0 Å². The van der Waals surface area contributed by atoms with Gasteiger partial charge in [0.2, 0.25) is 0 Å². The number of hydrogen-bond donors (Lipinski definition) is 0. The first-order valence-corrected chi connectivity index (χ1v) is 8.84. The Morgan fingerprint density at radius 1 is 1.03 bits per heavy atom. The summed E-state index contributed by atoms with van der Waals surface area (Å²) >= 11 is 0. The molecule has 0 fully saturated rings. The van der Waals surface area contributed by atoms with Gasteiger partial charge in [0.15, 0.2) is 5.71 Å². The van der Waals surface area contributed by atoms with Gasteiger partial charge in [0.25, 0.3) is 0 Å². The van der Waals surface area contributed by atoms with Crippen molar-refractivity contribution < 1.29 is 23.6 Å². The van der Waals surface area contributed by atoms with Gasteiger partial charge in [-0.25, -0.2) is 9.18 Å². The van der Waals surface area contributed by atoms with Crippen LogP contribution in [0.3, 0.4) is 0 Å². The highest BCUT2D eigenvalue weighted by Gasteiger charge is 2.19. The van der Waals surface area contributed by atoms with E-state index >= 15 is 0 Å². The zero-order chi connectivity index (χ0) is 21.2. The van der Waals surface area contributed by atoms with Gasteiger partial charge in [-0.15, -0.1) is 0 Å². The maximum atomic E-state index is 13.0. The first-order valence-electron chi connectivity index (χ1n) is 8.84. The van der Waals surface area contributed by atoms with Gasteiger partial charge < -0.3 is 14.4 Å². The van der Waals surface area contributed by atoms with E-state index in [0.717, 1.165) is 11.1 Å². The Labute approximate surface area is 169 Å². The molecular weight excluding hydrogens is 375 g/mol. The number of halogens is 1. The number of rotatable bonds is 8. The molecule has 0 bridgehead atoms. The molecule has 7 heteroatoms. The highest BCUT2D eigenvalue weighted by atomic mass is 19.1. The molecule has 0 radical (unpaired) electrons. The van der Waals surface area contributed by atoms with E-state index in [1.165, 1.54) is 26.4 Å². The SMILES string of the molecule is CO/N=C(/C(=O)OC)c1ccccc1CO/N=C(C)\C=C(/C)c1ccc(F)cc1. The molecule has 152 valence electrons. The van der Waals surface area contributed by atoms with Crippen LogP contribution in [0.25, 0.3) is 5.57 Å². The van der Waals surface area contributed by atoms with Crippen molar-refractivity contribution in [2.75, 3.05) is 14.2 Å². The number of methoxy groups -OCH3 is 1. The molecule has 2 aromatic rings. The Bertz CT molecular complexity index is 934. The van der Waals surface area contributed by atoms with Gasteiger partial charge >= 0.3 is 5.97 Å². The zero-order valence-electron chi connectivity index (χ0n) is 16.8. The second-order valence-corrected chi connectivity index (χ2v) is 6.11. The monoisotopic (exact) mass is 398 g/mol. The summed E-state index contributed by atoms with van der Waals surface area (Å²) < 4.78 is 17.8. The molecule has 2 aromatic carbocycles. The third kappa shape index (κ3) is 6.27. The predicted molar refractivity (Wildman–Crippen MR) is 110 cm³/mol. The van der Waals surface area contributed by atoms with Crippen molar-refractivity contribution in [2.45, 2.75) is 20.5 Å². The average molecular weight is 398 g/mol. The third-order valence-corrected chi connectivity index (χ3v) is 3.99. The second kappa shape index (κ2) is 10.8. The highest BCUT2D eigenvalue weighted by molar-refractivity contribution is 6.43. The smallest absolute Gasteiger partial charge is 0.360 e. The van der Waals surface area contributed by atoms with Gasteiger partial charge in [0, 0.05) is 11.1 Å². The van der Waals surface area contributed by atoms with Crippen molar-refractivity contribution in [2.24, 2.45) is 10.3 Å². The minimum absolute atomic E-state index is 0.0435. The number of esters is 1. The van der Waals surface area contributed by atoms with E-state index in [1.54, 1.807) is 37.3 Å². The molecule has 0 atom stereocenters. The van der Waals surface area contributed by atoms with Crippen LogP contribution in [-0.2, 0) is 25.8 Å². The maximum absolute atomic E-state index is 13.0. The molecule has 0 aliphatic rings. The standard InChI is InChI=1S/C22H23FN2O4/c1-15(17-9-11-19(23)12-10-17)13-16(2)24-29-14-18-7-5-6-8-20(18)21(25-28-4)22(26)27-3/h5-13H,14H2,1-4H3/b15-13+,24-16-,25-21+. The van der Waals surface area contributed by atoms with Crippen LogP contribution >= 0.6 is 0 Å². The van der Waals surface area contributed by atoms with Gasteiger partial charge in [0.1, 0.15) is 19.5 Å². The number of hydrogen-bond acceptors (Lipinski definition) is 6. The number of carbonyl (C=O) groups is 1. The molecule has 0 aromatic heterocycles. The van der Waals surface area contributed by atoms with E-state index in [-0.39, 0.29) is 18.1 Å². The van der Waals surface area contributed by atoms with Gasteiger partial charge in [-0.1, -0.05) is 46.7 Å². The fraction of sp³-hybridized carbons (Fsp3) is 0.227. The Balaban J connectivity index is 2.13. The van der Waals surface area contributed by atoms with E-state index < -0.39 is 5.97 Å². The lowest BCUT2D eigenvalue weighted by Gasteiger charge is -2.09. The molecule has 0 saturated heterocycles. The Morgan fingerprint density at radius 3 is 2.38 bits per heavy atom. The third-order valence-electron chi connectivity index (χ3n) is 3.99. The Morgan fingerprint density at radius 2 is 1.72 bits per heavy atom. The first kappa shape index (κ1) is 21.8. The summed E-state index contributed by atoms with van der Waals surface area (Å²) in [5.74, 6) is -0.894. The van der Waals surface area contributed by atoms with E-state index in [4.69, 9.17) is 14.4 Å². The Hall–Kier alpha value is -3.48. The molecule has 0 amide bonds. The molecular formula is C22H23FN2O4. The fourth-order valence-corrected chi connectivity index (χ4v) is 2.60. The summed E-state index contributed by atoms with van der Waals surface area (Å²) in [7, 11) is 2.63. The number of oxime groups is 2. The largest absolute Gasteiger partial charge is 0.464 e. The van der Waals surface area contributed by atoms with E-state index in [1.807, 2.05) is 19.1 Å². The number of ether oxygens (including phenoxy) is 1. The second-order valence-electron chi connectivity index (χ2n) is 6.11. The summed E-state index contributed by atoms with van der Waals surface area (Å²) in [5, 5.41) is 7.86. The molecule has 0 aliphatic heterocycles. The predicted octanol–water partition coefficient (Wildman–Crippen LogP) is 4.35. The summed E-state index contributed by atoms with van der Waals surface area (Å²) in [6.45, 7) is 3.83. The topological polar surface area (TPSA) is 69.5 Å². The minimum atomic E-state index is -0.614. The van der Waals surface area contributed by atoms with E-state index in [9.17, 15) is 9.18 Å². The first-order chi connectivity index (χ1) is 14.0. The summed E-state index contributed by atoms with van der Waals surface area (Å²) in [4.78, 5) is 22.2. The Kier molecular flexibility index (Phi) is 8.09. The lowest BCUT2D eigenvalue weighted by Crippen LogP contribution is -2.19. The van der Waals surface area contributed by atoms with Crippen LogP contribution in [0.1, 0.15) is 30.5 Å². The van der Waals surface area contributed by atoms with Crippen LogP contribution in [0.2, 0.25) is 0 Å². The van der Waals surface area contributed by atoms with Crippen molar-refractivity contribution in [1.82, 2.24) is 0 Å². The van der Waals surface area contributed by atoms with Crippen molar-refractivity contribution in [3.63, 3.8) is 0 Å². The quantitative estimate of drug-likeness (QED) is 0.377. The average Bonchev–Trinajstić information content (AvgIpc) is 2.72. The van der Waals surface area contributed by atoms with Crippen LogP contribution in [-0.4, -0.2) is 31.6 Å². The number of benzene rings is 2. The number of nitrogens with zero attached hydrogens (tertiary/aromatic N) is 2. The van der Waals surface area contributed by atoms with Gasteiger partial charge in [-0.2, -0.15) is 0 Å². The molecule has 29 heavy (non-hydrogen) atoms. The fourth-order valence-electron chi connectivity index (χ4n) is 2.60. The van der Waals surface area contributed by atoms with Crippen molar-refractivity contribution >= 4 is 23.0 Å².